The summed E-state index contributed by atoms with van der Waals surface area (Å²) in [5, 5.41) is 19.8. The average Bonchev–Trinajstić information content (AvgIpc) is 2.40. The van der Waals surface area contributed by atoms with Gasteiger partial charge in [-0.3, -0.25) is 9.59 Å². The van der Waals surface area contributed by atoms with Gasteiger partial charge in [-0.05, 0) is 43.5 Å². The Bertz CT molecular complexity index is 558. The number of hydrogen-bond acceptors (Lipinski definition) is 3. The minimum Gasteiger partial charge on any atom is -0.481 e. The molecular formula is C14H16FNO5. The number of amides is 1. The van der Waals surface area contributed by atoms with Gasteiger partial charge in [-0.15, -0.1) is 0 Å². The molecule has 6 nitrogen and oxygen atoms in total. The van der Waals surface area contributed by atoms with Crippen molar-refractivity contribution in [2.75, 3.05) is 0 Å². The predicted molar refractivity (Wildman–Crippen MR) is 71.5 cm³/mol. The second kappa shape index (κ2) is 7.37. The van der Waals surface area contributed by atoms with Gasteiger partial charge in [-0.1, -0.05) is 0 Å². The van der Waals surface area contributed by atoms with Crippen LogP contribution in [0.1, 0.15) is 35.2 Å². The molecule has 0 aliphatic carbocycles. The van der Waals surface area contributed by atoms with Crippen LogP contribution in [0.3, 0.4) is 0 Å². The van der Waals surface area contributed by atoms with Gasteiger partial charge in [0.25, 0.3) is 5.91 Å². The Kier molecular flexibility index (Phi) is 5.83. The number of aryl methyl sites for hydroxylation is 1. The lowest BCUT2D eigenvalue weighted by Crippen LogP contribution is -2.40. The molecule has 0 spiro atoms. The van der Waals surface area contributed by atoms with Gasteiger partial charge in [0.05, 0.1) is 0 Å². The van der Waals surface area contributed by atoms with Crippen molar-refractivity contribution in [3.05, 3.63) is 35.1 Å². The molecule has 1 aromatic rings. The number of halogens is 1. The van der Waals surface area contributed by atoms with Gasteiger partial charge in [-0.25, -0.2) is 9.18 Å². The molecule has 0 fully saturated rings. The molecule has 0 radical (unpaired) electrons. The molecule has 3 N–H and O–H groups in total. The number of carbonyl (C=O) groups is 3. The topological polar surface area (TPSA) is 104 Å². The van der Waals surface area contributed by atoms with E-state index in [4.69, 9.17) is 10.2 Å². The van der Waals surface area contributed by atoms with Crippen molar-refractivity contribution >= 4 is 17.8 Å². The first-order valence-electron chi connectivity index (χ1n) is 6.33. The molecule has 1 atom stereocenters. The molecule has 21 heavy (non-hydrogen) atoms. The number of carbonyl (C=O) groups excluding carboxylic acids is 1. The third kappa shape index (κ3) is 5.21. The first kappa shape index (κ1) is 16.6. The van der Waals surface area contributed by atoms with Crippen LogP contribution in [-0.4, -0.2) is 34.1 Å². The van der Waals surface area contributed by atoms with Gasteiger partial charge >= 0.3 is 11.9 Å². The zero-order valence-electron chi connectivity index (χ0n) is 11.4. The molecule has 0 heterocycles. The van der Waals surface area contributed by atoms with Gasteiger partial charge in [0.2, 0.25) is 0 Å². The zero-order chi connectivity index (χ0) is 16.0. The summed E-state index contributed by atoms with van der Waals surface area (Å²) in [6, 6.07) is 2.53. The van der Waals surface area contributed by atoms with Crippen LogP contribution >= 0.6 is 0 Å². The standard InChI is InChI=1S/C14H16FNO5/c1-8-7-9(5-6-10(8)15)13(19)16-11(14(20)21)3-2-4-12(17)18/h5-7,11H,2-4H2,1H3,(H,16,19)(H,17,18)(H,20,21)/t11-/m1/s1. The Labute approximate surface area is 120 Å². The van der Waals surface area contributed by atoms with Gasteiger partial charge in [-0.2, -0.15) is 0 Å². The second-order valence-electron chi connectivity index (χ2n) is 4.61. The van der Waals surface area contributed by atoms with Crippen LogP contribution in [0.5, 0.6) is 0 Å². The van der Waals surface area contributed by atoms with Crippen molar-refractivity contribution in [2.45, 2.75) is 32.2 Å². The lowest BCUT2D eigenvalue weighted by molar-refractivity contribution is -0.140. The molecule has 0 unspecified atom stereocenters. The van der Waals surface area contributed by atoms with E-state index in [-0.39, 0.29) is 30.4 Å². The Hall–Kier alpha value is -2.44. The summed E-state index contributed by atoms with van der Waals surface area (Å²) in [5.74, 6) is -3.36. The van der Waals surface area contributed by atoms with E-state index in [9.17, 15) is 18.8 Å². The Balaban J connectivity index is 2.69. The number of nitrogens with one attached hydrogen (secondary N) is 1. The van der Waals surface area contributed by atoms with Crippen molar-refractivity contribution in [1.29, 1.82) is 0 Å². The van der Waals surface area contributed by atoms with Crippen LogP contribution in [-0.2, 0) is 9.59 Å². The maximum atomic E-state index is 13.1. The number of carboxylic acid groups (broad SMARTS) is 2. The van der Waals surface area contributed by atoms with Crippen molar-refractivity contribution in [2.24, 2.45) is 0 Å². The second-order valence-corrected chi connectivity index (χ2v) is 4.61. The summed E-state index contributed by atoms with van der Waals surface area (Å²) in [4.78, 5) is 33.3. The fourth-order valence-electron chi connectivity index (χ4n) is 1.74. The number of rotatable bonds is 7. The van der Waals surface area contributed by atoms with Crippen LogP contribution in [0.4, 0.5) is 4.39 Å². The maximum absolute atomic E-state index is 13.1. The Morgan fingerprint density at radius 1 is 1.29 bits per heavy atom. The Morgan fingerprint density at radius 2 is 1.95 bits per heavy atom. The summed E-state index contributed by atoms with van der Waals surface area (Å²) < 4.78 is 13.1. The fraction of sp³-hybridized carbons (Fsp3) is 0.357. The molecule has 0 saturated heterocycles. The smallest absolute Gasteiger partial charge is 0.326 e. The third-order valence-corrected chi connectivity index (χ3v) is 2.91. The average molecular weight is 297 g/mol. The van der Waals surface area contributed by atoms with Crippen LogP contribution in [0, 0.1) is 12.7 Å². The van der Waals surface area contributed by atoms with E-state index < -0.39 is 29.7 Å². The monoisotopic (exact) mass is 297 g/mol. The largest absolute Gasteiger partial charge is 0.481 e. The van der Waals surface area contributed by atoms with E-state index in [1.807, 2.05) is 0 Å². The molecular weight excluding hydrogens is 281 g/mol. The molecule has 1 aromatic carbocycles. The minimum atomic E-state index is -1.24. The molecule has 1 rings (SSSR count). The van der Waals surface area contributed by atoms with Gasteiger partial charge < -0.3 is 15.5 Å². The van der Waals surface area contributed by atoms with E-state index in [0.29, 0.717) is 0 Å². The highest BCUT2D eigenvalue weighted by Gasteiger charge is 2.21. The molecule has 0 saturated carbocycles. The van der Waals surface area contributed by atoms with Crippen molar-refractivity contribution in [3.63, 3.8) is 0 Å². The van der Waals surface area contributed by atoms with Crippen LogP contribution in [0.25, 0.3) is 0 Å². The summed E-state index contributed by atoms with van der Waals surface area (Å²) >= 11 is 0. The first-order chi connectivity index (χ1) is 9.81. The van der Waals surface area contributed by atoms with Crippen molar-refractivity contribution in [1.82, 2.24) is 5.32 Å². The number of benzene rings is 1. The highest BCUT2D eigenvalue weighted by Crippen LogP contribution is 2.10. The summed E-state index contributed by atoms with van der Waals surface area (Å²) in [7, 11) is 0. The van der Waals surface area contributed by atoms with Gasteiger partial charge in [0, 0.05) is 12.0 Å². The van der Waals surface area contributed by atoms with E-state index in [0.717, 1.165) is 6.07 Å². The molecule has 7 heteroatoms. The third-order valence-electron chi connectivity index (χ3n) is 2.91. The molecule has 1 amide bonds. The lowest BCUT2D eigenvalue weighted by atomic mass is 10.1. The normalized spacial score (nSPS) is 11.7. The highest BCUT2D eigenvalue weighted by atomic mass is 19.1. The Morgan fingerprint density at radius 3 is 2.48 bits per heavy atom. The van der Waals surface area contributed by atoms with E-state index in [1.54, 1.807) is 0 Å². The molecule has 0 aliphatic rings. The van der Waals surface area contributed by atoms with E-state index in [1.165, 1.54) is 19.1 Å². The van der Waals surface area contributed by atoms with Gasteiger partial charge in [0.15, 0.2) is 0 Å². The van der Waals surface area contributed by atoms with E-state index in [2.05, 4.69) is 5.32 Å². The van der Waals surface area contributed by atoms with Crippen LogP contribution in [0.2, 0.25) is 0 Å². The highest BCUT2D eigenvalue weighted by molar-refractivity contribution is 5.96. The van der Waals surface area contributed by atoms with Crippen LogP contribution < -0.4 is 5.32 Å². The predicted octanol–water partition coefficient (Wildman–Crippen LogP) is 1.57. The number of aliphatic carboxylic acids is 2. The number of carboxylic acids is 2. The van der Waals surface area contributed by atoms with Crippen molar-refractivity contribution < 1.29 is 29.0 Å². The van der Waals surface area contributed by atoms with Crippen LogP contribution in [0.15, 0.2) is 18.2 Å². The molecule has 0 aromatic heterocycles. The first-order valence-corrected chi connectivity index (χ1v) is 6.33. The summed E-state index contributed by atoms with van der Waals surface area (Å²) in [5.41, 5.74) is 0.429. The van der Waals surface area contributed by atoms with Gasteiger partial charge in [0.1, 0.15) is 11.9 Å². The minimum absolute atomic E-state index is 0.00749. The fourth-order valence-corrected chi connectivity index (χ4v) is 1.74. The lowest BCUT2D eigenvalue weighted by Gasteiger charge is -2.14. The SMILES string of the molecule is Cc1cc(C(=O)N[C@H](CCCC(=O)O)C(=O)O)ccc1F. The number of hydrogen-bond donors (Lipinski definition) is 3. The maximum Gasteiger partial charge on any atom is 0.326 e. The molecule has 0 aliphatic heterocycles. The molecule has 114 valence electrons. The zero-order valence-corrected chi connectivity index (χ0v) is 11.4. The van der Waals surface area contributed by atoms with E-state index >= 15 is 0 Å². The summed E-state index contributed by atoms with van der Waals surface area (Å²) in [6.45, 7) is 1.49. The van der Waals surface area contributed by atoms with Crippen molar-refractivity contribution in [3.8, 4) is 0 Å². The summed E-state index contributed by atoms with van der Waals surface area (Å²) in [6.07, 6.45) is -0.0299. The molecule has 0 bridgehead atoms. The quantitative estimate of drug-likeness (QED) is 0.708.